The van der Waals surface area contributed by atoms with Crippen LogP contribution >= 0.6 is 0 Å². The third kappa shape index (κ3) is 4.04. The van der Waals surface area contributed by atoms with Crippen LogP contribution in [0.3, 0.4) is 0 Å². The van der Waals surface area contributed by atoms with Gasteiger partial charge in [0.25, 0.3) is 5.91 Å². The molecule has 1 aliphatic heterocycles. The Kier molecular flexibility index (Phi) is 5.78. The molecule has 7 heteroatoms. The molecule has 7 nitrogen and oxygen atoms in total. The predicted octanol–water partition coefficient (Wildman–Crippen LogP) is 1.34. The summed E-state index contributed by atoms with van der Waals surface area (Å²) in [5.41, 5.74) is 2.02. The Morgan fingerprint density at radius 2 is 2.04 bits per heavy atom. The van der Waals surface area contributed by atoms with Crippen molar-refractivity contribution in [2.45, 2.75) is 20.3 Å². The van der Waals surface area contributed by atoms with Crippen LogP contribution in [-0.4, -0.2) is 49.4 Å². The third-order valence-electron chi connectivity index (χ3n) is 4.15. The standard InChI is InChI=1S/C17H24N4O3/c1-4-19-16(23)13-7-8-21(10-13)17(24)20-14-6-5-12(9-11(14)2)15(22)18-3/h5-6,9,13H,4,7-8,10H2,1-3H3,(H,18,22)(H,19,23)(H,20,24)/t13-/m0/s1. The summed E-state index contributed by atoms with van der Waals surface area (Å²) >= 11 is 0. The lowest BCUT2D eigenvalue weighted by Crippen LogP contribution is -2.36. The van der Waals surface area contributed by atoms with Crippen molar-refractivity contribution in [2.24, 2.45) is 5.92 Å². The van der Waals surface area contributed by atoms with Crippen molar-refractivity contribution in [1.29, 1.82) is 0 Å². The minimum absolute atomic E-state index is 0.00101. The lowest BCUT2D eigenvalue weighted by molar-refractivity contribution is -0.124. The summed E-state index contributed by atoms with van der Waals surface area (Å²) in [7, 11) is 1.58. The summed E-state index contributed by atoms with van der Waals surface area (Å²) in [5.74, 6) is -0.313. The fraction of sp³-hybridized carbons (Fsp3) is 0.471. The van der Waals surface area contributed by atoms with E-state index in [-0.39, 0.29) is 23.8 Å². The molecular formula is C17H24N4O3. The SMILES string of the molecule is CCNC(=O)[C@H]1CCN(C(=O)Nc2ccc(C(=O)NC)cc2C)C1. The van der Waals surface area contributed by atoms with Crippen LogP contribution in [0.5, 0.6) is 0 Å². The Balaban J connectivity index is 1.98. The van der Waals surface area contributed by atoms with Crippen LogP contribution < -0.4 is 16.0 Å². The number of nitrogens with one attached hydrogen (secondary N) is 3. The van der Waals surface area contributed by atoms with Crippen LogP contribution in [-0.2, 0) is 4.79 Å². The normalized spacial score (nSPS) is 16.6. The van der Waals surface area contributed by atoms with Crippen LogP contribution in [0, 0.1) is 12.8 Å². The number of carbonyl (C=O) groups excluding carboxylic acids is 3. The maximum absolute atomic E-state index is 12.4. The van der Waals surface area contributed by atoms with Gasteiger partial charge in [-0.3, -0.25) is 9.59 Å². The van der Waals surface area contributed by atoms with Gasteiger partial charge in [0, 0.05) is 37.9 Å². The van der Waals surface area contributed by atoms with Gasteiger partial charge < -0.3 is 20.9 Å². The fourth-order valence-corrected chi connectivity index (χ4v) is 2.76. The number of rotatable bonds is 4. The van der Waals surface area contributed by atoms with Gasteiger partial charge in [-0.05, 0) is 44.0 Å². The molecule has 1 atom stereocenters. The molecule has 0 unspecified atom stereocenters. The highest BCUT2D eigenvalue weighted by atomic mass is 16.2. The summed E-state index contributed by atoms with van der Waals surface area (Å²) < 4.78 is 0. The van der Waals surface area contributed by atoms with E-state index in [1.165, 1.54) is 0 Å². The molecule has 0 spiro atoms. The largest absolute Gasteiger partial charge is 0.356 e. The minimum Gasteiger partial charge on any atom is -0.356 e. The summed E-state index contributed by atoms with van der Waals surface area (Å²) in [6.07, 6.45) is 0.674. The summed E-state index contributed by atoms with van der Waals surface area (Å²) in [5, 5.41) is 8.21. The fourth-order valence-electron chi connectivity index (χ4n) is 2.76. The Hall–Kier alpha value is -2.57. The van der Waals surface area contributed by atoms with Gasteiger partial charge in [-0.25, -0.2) is 4.79 Å². The van der Waals surface area contributed by atoms with Crippen molar-refractivity contribution >= 4 is 23.5 Å². The van der Waals surface area contributed by atoms with Gasteiger partial charge in [-0.1, -0.05) is 0 Å². The van der Waals surface area contributed by atoms with E-state index >= 15 is 0 Å². The number of benzene rings is 1. The van der Waals surface area contributed by atoms with Crippen LogP contribution in [0.1, 0.15) is 29.3 Å². The van der Waals surface area contributed by atoms with Gasteiger partial charge in [-0.15, -0.1) is 0 Å². The average Bonchev–Trinajstić information content (AvgIpc) is 3.06. The molecule has 1 aromatic rings. The van der Waals surface area contributed by atoms with Gasteiger partial charge >= 0.3 is 6.03 Å². The topological polar surface area (TPSA) is 90.5 Å². The second kappa shape index (κ2) is 7.81. The molecule has 1 aliphatic rings. The van der Waals surface area contributed by atoms with Crippen molar-refractivity contribution in [3.05, 3.63) is 29.3 Å². The molecule has 0 aromatic heterocycles. The minimum atomic E-state index is -0.224. The second-order valence-electron chi connectivity index (χ2n) is 5.87. The molecule has 1 heterocycles. The van der Waals surface area contributed by atoms with Crippen molar-refractivity contribution in [3.8, 4) is 0 Å². The number of hydrogen-bond acceptors (Lipinski definition) is 3. The van der Waals surface area contributed by atoms with E-state index in [4.69, 9.17) is 0 Å². The maximum atomic E-state index is 12.4. The Labute approximate surface area is 141 Å². The van der Waals surface area contributed by atoms with Gasteiger partial charge in [0.1, 0.15) is 0 Å². The smallest absolute Gasteiger partial charge is 0.321 e. The number of nitrogens with zero attached hydrogens (tertiary/aromatic N) is 1. The summed E-state index contributed by atoms with van der Waals surface area (Å²) in [6.45, 7) is 5.29. The van der Waals surface area contributed by atoms with E-state index in [1.54, 1.807) is 30.1 Å². The lowest BCUT2D eigenvalue weighted by atomic mass is 10.1. The van der Waals surface area contributed by atoms with Crippen LogP contribution in [0.15, 0.2) is 18.2 Å². The molecule has 0 saturated carbocycles. The Morgan fingerprint density at radius 1 is 1.29 bits per heavy atom. The molecule has 1 fully saturated rings. The van der Waals surface area contributed by atoms with E-state index in [1.807, 2.05) is 13.8 Å². The molecule has 1 aromatic carbocycles. The van der Waals surface area contributed by atoms with Crippen molar-refractivity contribution in [2.75, 3.05) is 32.0 Å². The van der Waals surface area contributed by atoms with Crippen LogP contribution in [0.4, 0.5) is 10.5 Å². The zero-order chi connectivity index (χ0) is 17.7. The van der Waals surface area contributed by atoms with Crippen LogP contribution in [0.25, 0.3) is 0 Å². The molecule has 130 valence electrons. The number of aryl methyl sites for hydroxylation is 1. The Bertz CT molecular complexity index is 645. The number of likely N-dealkylation sites (tertiary alicyclic amines) is 1. The molecule has 0 aliphatic carbocycles. The molecule has 4 amide bonds. The molecule has 0 radical (unpaired) electrons. The quantitative estimate of drug-likeness (QED) is 0.777. The van der Waals surface area contributed by atoms with E-state index in [9.17, 15) is 14.4 Å². The third-order valence-corrected chi connectivity index (χ3v) is 4.15. The molecule has 3 N–H and O–H groups in total. The predicted molar refractivity (Wildman–Crippen MR) is 92.0 cm³/mol. The van der Waals surface area contributed by atoms with Gasteiger partial charge in [0.15, 0.2) is 0 Å². The maximum Gasteiger partial charge on any atom is 0.321 e. The van der Waals surface area contributed by atoms with Crippen molar-refractivity contribution in [1.82, 2.24) is 15.5 Å². The number of hydrogen-bond donors (Lipinski definition) is 3. The van der Waals surface area contributed by atoms with E-state index in [0.29, 0.717) is 37.3 Å². The van der Waals surface area contributed by atoms with E-state index in [0.717, 1.165) is 5.56 Å². The lowest BCUT2D eigenvalue weighted by Gasteiger charge is -2.18. The monoisotopic (exact) mass is 332 g/mol. The summed E-state index contributed by atoms with van der Waals surface area (Å²) in [6, 6.07) is 4.89. The van der Waals surface area contributed by atoms with Crippen molar-refractivity contribution in [3.63, 3.8) is 0 Å². The molecule has 2 rings (SSSR count). The highest BCUT2D eigenvalue weighted by molar-refractivity contribution is 5.96. The summed E-state index contributed by atoms with van der Waals surface area (Å²) in [4.78, 5) is 37.5. The average molecular weight is 332 g/mol. The van der Waals surface area contributed by atoms with Crippen LogP contribution in [0.2, 0.25) is 0 Å². The van der Waals surface area contributed by atoms with E-state index < -0.39 is 0 Å². The molecule has 0 bridgehead atoms. The van der Waals surface area contributed by atoms with E-state index in [2.05, 4.69) is 16.0 Å². The first-order chi connectivity index (χ1) is 11.5. The number of amides is 4. The first kappa shape index (κ1) is 17.8. The second-order valence-corrected chi connectivity index (χ2v) is 5.87. The zero-order valence-corrected chi connectivity index (χ0v) is 14.3. The first-order valence-electron chi connectivity index (χ1n) is 8.12. The number of urea groups is 1. The first-order valence-corrected chi connectivity index (χ1v) is 8.12. The molecule has 24 heavy (non-hydrogen) atoms. The molecule has 1 saturated heterocycles. The van der Waals surface area contributed by atoms with Gasteiger partial charge in [0.05, 0.1) is 5.92 Å². The van der Waals surface area contributed by atoms with Crippen molar-refractivity contribution < 1.29 is 14.4 Å². The highest BCUT2D eigenvalue weighted by Crippen LogP contribution is 2.20. The Morgan fingerprint density at radius 3 is 2.67 bits per heavy atom. The molecular weight excluding hydrogens is 308 g/mol. The van der Waals surface area contributed by atoms with Gasteiger partial charge in [0.2, 0.25) is 5.91 Å². The number of carbonyl (C=O) groups is 3. The number of anilines is 1. The highest BCUT2D eigenvalue weighted by Gasteiger charge is 2.30. The zero-order valence-electron chi connectivity index (χ0n) is 14.3. The van der Waals surface area contributed by atoms with Gasteiger partial charge in [-0.2, -0.15) is 0 Å².